The average Bonchev–Trinajstić information content (AvgIpc) is 3.80. The van der Waals surface area contributed by atoms with E-state index < -0.39 is 89.2 Å². The van der Waals surface area contributed by atoms with Crippen molar-refractivity contribution in [1.29, 1.82) is 0 Å². The smallest absolute Gasteiger partial charge is 0.339 e. The monoisotopic (exact) mass is 900 g/mol. The molecule has 0 aliphatic carbocycles. The summed E-state index contributed by atoms with van der Waals surface area (Å²) in [5.41, 5.74) is 12.4. The Hall–Kier alpha value is -1.30. The quantitative estimate of drug-likeness (QED) is 0.0613. The number of ether oxygens (including phenoxy) is 2. The molecular formula is C20H28N10O15P4S4. The Balaban J connectivity index is 1.01. The van der Waals surface area contributed by atoms with Crippen molar-refractivity contribution in [2.24, 2.45) is 0 Å². The first-order valence-electron chi connectivity index (χ1n) is 14.3. The summed E-state index contributed by atoms with van der Waals surface area (Å²) in [7, 11) is 0. The summed E-state index contributed by atoms with van der Waals surface area (Å²) in [5, 5.41) is 42.4. The van der Waals surface area contributed by atoms with Gasteiger partial charge in [-0.15, -0.1) is 0 Å². The van der Waals surface area contributed by atoms with Crippen LogP contribution in [0.5, 0.6) is 0 Å². The molecule has 4 unspecified atom stereocenters. The molecule has 0 radical (unpaired) electrons. The van der Waals surface area contributed by atoms with Crippen LogP contribution in [0, 0.1) is 0 Å². The maximum Gasteiger partial charge on any atom is 0.339 e. The number of rotatable bonds is 14. The third-order valence-corrected chi connectivity index (χ3v) is 17.6. The summed E-state index contributed by atoms with van der Waals surface area (Å²) in [6.45, 7) is -20.3. The normalized spacial score (nSPS) is 30.9. The van der Waals surface area contributed by atoms with Gasteiger partial charge in [0.25, 0.3) is 0 Å². The molecule has 0 saturated carbocycles. The predicted octanol–water partition coefficient (Wildman–Crippen LogP) is -1.98. The van der Waals surface area contributed by atoms with Crippen LogP contribution in [0.15, 0.2) is 25.3 Å². The van der Waals surface area contributed by atoms with Crippen molar-refractivity contribution in [2.75, 3.05) is 24.7 Å². The summed E-state index contributed by atoms with van der Waals surface area (Å²) in [6.07, 6.45) is -6.65. The van der Waals surface area contributed by atoms with Crippen LogP contribution >= 0.6 is 26.9 Å². The van der Waals surface area contributed by atoms with E-state index in [9.17, 15) is 40.0 Å². The highest BCUT2D eigenvalue weighted by Crippen LogP contribution is 2.72. The van der Waals surface area contributed by atoms with Crippen molar-refractivity contribution in [3.05, 3.63) is 25.3 Å². The highest BCUT2D eigenvalue weighted by molar-refractivity contribution is 8.19. The lowest BCUT2D eigenvalue weighted by molar-refractivity contribution is -0.0486. The molecule has 4 aromatic heterocycles. The third kappa shape index (κ3) is 9.14. The van der Waals surface area contributed by atoms with Gasteiger partial charge in [0, 0.05) is 0 Å². The third-order valence-electron chi connectivity index (χ3n) is 7.42. The van der Waals surface area contributed by atoms with Gasteiger partial charge in [-0.25, -0.2) is 42.8 Å². The highest BCUT2D eigenvalue weighted by atomic mass is 32.5. The molecule has 6 rings (SSSR count). The number of nitrogen functional groups attached to an aromatic ring is 2. The standard InChI is InChI=1S/C20H28N10O15P4S4/c21-15-9-17(25-3-23-15)29(5-27-9)19-13(33)11(31)7(41-19)1-39-46(35,50)43-48(37,52)45-49(38,53)44-47(36,51)40-2-8-12(32)14(34)20(42-8)30-6-28-10-16(22)24-4-26-18(10)30/h3-8,11-14,19-20,31-34H,1-2H2,(H,35,50)(H,36,51)(H,37,52)(H,38,53)(H2,21,23,25)(H2,22,24,26)/t7-,8-,11-,12-,13-,14-,19-,20-,46?,47?,48?,49?/m1/s1. The molecule has 12 atom stereocenters. The van der Waals surface area contributed by atoms with E-state index in [-0.39, 0.29) is 34.0 Å². The Morgan fingerprint density at radius 2 is 0.943 bits per heavy atom. The molecular weight excluding hydrogens is 872 g/mol. The van der Waals surface area contributed by atoms with Crippen molar-refractivity contribution in [2.45, 2.75) is 49.1 Å². The number of anilines is 2. The van der Waals surface area contributed by atoms with Crippen molar-refractivity contribution in [3.63, 3.8) is 0 Å². The zero-order valence-corrected chi connectivity index (χ0v) is 32.8. The Kier molecular flexibility index (Phi) is 12.1. The number of hydrogen-bond acceptors (Lipinski definition) is 23. The predicted molar refractivity (Wildman–Crippen MR) is 192 cm³/mol. The Bertz CT molecular complexity index is 2060. The van der Waals surface area contributed by atoms with Crippen LogP contribution in [0.25, 0.3) is 22.3 Å². The number of nitrogens with two attached hydrogens (primary N) is 2. The van der Waals surface area contributed by atoms with E-state index in [1.165, 1.54) is 21.8 Å². The minimum atomic E-state index is -4.85. The fourth-order valence-electron chi connectivity index (χ4n) is 5.11. The van der Waals surface area contributed by atoms with Gasteiger partial charge in [0.15, 0.2) is 35.4 Å². The fourth-order valence-corrected chi connectivity index (χ4v) is 16.4. The van der Waals surface area contributed by atoms with E-state index >= 15 is 0 Å². The van der Waals surface area contributed by atoms with Gasteiger partial charge in [0.1, 0.15) is 60.3 Å². The zero-order chi connectivity index (χ0) is 38.7. The summed E-state index contributed by atoms with van der Waals surface area (Å²) in [6, 6.07) is 0. The van der Waals surface area contributed by atoms with E-state index in [1.54, 1.807) is 0 Å². The lowest BCUT2D eigenvalue weighted by Crippen LogP contribution is -2.33. The van der Waals surface area contributed by atoms with Crippen LogP contribution < -0.4 is 11.5 Å². The number of aromatic nitrogens is 8. The van der Waals surface area contributed by atoms with Crippen LogP contribution in [0.3, 0.4) is 0 Å². The lowest BCUT2D eigenvalue weighted by atomic mass is 10.1. The molecule has 0 bridgehead atoms. The van der Waals surface area contributed by atoms with E-state index in [0.717, 1.165) is 12.7 Å². The Labute approximate surface area is 316 Å². The van der Waals surface area contributed by atoms with Crippen molar-refractivity contribution in [3.8, 4) is 0 Å². The Morgan fingerprint density at radius 1 is 0.585 bits per heavy atom. The molecule has 4 aromatic rings. The average molecular weight is 901 g/mol. The molecule has 0 aromatic carbocycles. The molecule has 0 spiro atoms. The van der Waals surface area contributed by atoms with Crippen LogP contribution in [-0.2, 0) is 78.7 Å². The van der Waals surface area contributed by atoms with Gasteiger partial charge in [-0.3, -0.25) is 9.13 Å². The first kappa shape index (κ1) is 41.3. The highest BCUT2D eigenvalue weighted by Gasteiger charge is 2.47. The molecule has 25 nitrogen and oxygen atoms in total. The summed E-state index contributed by atoms with van der Waals surface area (Å²) in [4.78, 5) is 66.1. The van der Waals surface area contributed by atoms with E-state index in [2.05, 4.69) is 29.9 Å². The second-order valence-corrected chi connectivity index (χ2v) is 22.7. The molecule has 53 heavy (non-hydrogen) atoms. The van der Waals surface area contributed by atoms with Gasteiger partial charge < -0.3 is 70.0 Å². The van der Waals surface area contributed by atoms with E-state index in [0.29, 0.717) is 0 Å². The molecule has 12 N–H and O–H groups in total. The SMILES string of the molecule is Nc1ncnc2c1ncn2[C@@H]1O[C@H](COP(O)(=S)OP(O)(=S)OP(O)(=S)OP(O)(=S)OC[C@H]2O[C@@H](n3cnc4c(N)ncnc43)[C@H](O)[C@@H]2O)[C@@H](O)[C@H]1O. The van der Waals surface area contributed by atoms with Crippen LogP contribution in [0.2, 0.25) is 0 Å². The molecule has 6 heterocycles. The maximum atomic E-state index is 10.6. The molecule has 2 aliphatic heterocycles. The van der Waals surface area contributed by atoms with Gasteiger partial charge in [-0.05, 0) is 47.2 Å². The van der Waals surface area contributed by atoms with E-state index in [4.69, 9.17) is 90.1 Å². The van der Waals surface area contributed by atoms with E-state index in [1.807, 2.05) is 0 Å². The first-order chi connectivity index (χ1) is 24.7. The number of imidazole rings is 2. The lowest BCUT2D eigenvalue weighted by Gasteiger charge is -2.27. The zero-order valence-electron chi connectivity index (χ0n) is 25.9. The van der Waals surface area contributed by atoms with Crippen LogP contribution in [0.4, 0.5) is 11.6 Å². The second-order valence-electron chi connectivity index (χ2n) is 11.0. The molecule has 0 amide bonds. The molecule has 33 heteroatoms. The van der Waals surface area contributed by atoms with Crippen LogP contribution in [0.1, 0.15) is 12.5 Å². The van der Waals surface area contributed by atoms with Gasteiger partial charge in [0.2, 0.25) is 0 Å². The number of hydrogen-bond donors (Lipinski definition) is 10. The summed E-state index contributed by atoms with van der Waals surface area (Å²) in [5.74, 6) is 0.119. The molecule has 2 aliphatic rings. The van der Waals surface area contributed by atoms with Gasteiger partial charge >= 0.3 is 26.9 Å². The maximum absolute atomic E-state index is 10.6. The van der Waals surface area contributed by atoms with Gasteiger partial charge in [-0.1, -0.05) is 0 Å². The summed E-state index contributed by atoms with van der Waals surface area (Å²) >= 11 is 19.3. The molecule has 292 valence electrons. The largest absolute Gasteiger partial charge is 0.387 e. The fraction of sp³-hybridized carbons (Fsp3) is 0.500. The van der Waals surface area contributed by atoms with Crippen molar-refractivity contribution >= 4 is 108 Å². The minimum Gasteiger partial charge on any atom is -0.387 e. The number of aliphatic hydroxyl groups excluding tert-OH is 4. The molecule has 2 saturated heterocycles. The second kappa shape index (κ2) is 15.6. The number of aliphatic hydroxyl groups is 4. The van der Waals surface area contributed by atoms with Crippen LogP contribution in [-0.4, -0.2) is 129 Å². The van der Waals surface area contributed by atoms with Crippen molar-refractivity contribution < 1.29 is 71.5 Å². The Morgan fingerprint density at radius 3 is 1.32 bits per heavy atom. The molecule has 2 fully saturated rings. The van der Waals surface area contributed by atoms with Crippen molar-refractivity contribution in [1.82, 2.24) is 39.0 Å². The minimum absolute atomic E-state index is 0.0594. The summed E-state index contributed by atoms with van der Waals surface area (Å²) < 4.78 is 38.7. The first-order valence-corrected chi connectivity index (χ1v) is 24.7. The van der Waals surface area contributed by atoms with Gasteiger partial charge in [-0.2, -0.15) is 0 Å². The number of nitrogens with zero attached hydrogens (tertiary/aromatic N) is 8. The topological polar surface area (TPSA) is 366 Å². The van der Waals surface area contributed by atoms with Gasteiger partial charge in [0.05, 0.1) is 25.9 Å². The number of fused-ring (bicyclic) bond motifs is 2.